The monoisotopic (exact) mass is 296 g/mol. The maximum absolute atomic E-state index is 12.0. The van der Waals surface area contributed by atoms with Crippen LogP contribution in [0.4, 0.5) is 10.5 Å². The number of halogens is 1. The number of nitrogens with zero attached hydrogens (tertiary/aromatic N) is 1. The number of anilines is 1. The van der Waals surface area contributed by atoms with Gasteiger partial charge in [0.05, 0.1) is 10.6 Å². The largest absolute Gasteiger partial charge is 0.478 e. The molecule has 0 atom stereocenters. The number of carbonyl (C=O) groups excluding carboxylic acids is 1. The Morgan fingerprint density at radius 3 is 2.75 bits per heavy atom. The summed E-state index contributed by atoms with van der Waals surface area (Å²) in [5.74, 6) is -1.14. The molecule has 0 saturated carbocycles. The summed E-state index contributed by atoms with van der Waals surface area (Å²) in [7, 11) is 0. The van der Waals surface area contributed by atoms with Crippen molar-refractivity contribution >= 4 is 29.3 Å². The summed E-state index contributed by atoms with van der Waals surface area (Å²) in [5, 5.41) is 11.8. The lowest BCUT2D eigenvalue weighted by molar-refractivity contribution is 0.0697. The van der Waals surface area contributed by atoms with Gasteiger partial charge < -0.3 is 15.3 Å². The van der Waals surface area contributed by atoms with Crippen molar-refractivity contribution in [2.75, 3.05) is 18.4 Å². The van der Waals surface area contributed by atoms with Crippen LogP contribution in [0.25, 0.3) is 0 Å². The van der Waals surface area contributed by atoms with Crippen molar-refractivity contribution in [1.29, 1.82) is 0 Å². The number of carboxylic acids is 1. The summed E-state index contributed by atoms with van der Waals surface area (Å²) in [6.45, 7) is 6.59. The first kappa shape index (κ1) is 16.0. The van der Waals surface area contributed by atoms with Crippen molar-refractivity contribution < 1.29 is 14.7 Å². The van der Waals surface area contributed by atoms with E-state index in [0.717, 1.165) is 6.42 Å². The number of benzene rings is 1. The molecular formula is C14H17ClN2O3. The third-order valence-electron chi connectivity index (χ3n) is 2.58. The van der Waals surface area contributed by atoms with E-state index in [9.17, 15) is 9.59 Å². The molecule has 0 spiro atoms. The van der Waals surface area contributed by atoms with Crippen LogP contribution < -0.4 is 5.32 Å². The van der Waals surface area contributed by atoms with Gasteiger partial charge in [0, 0.05) is 18.8 Å². The van der Waals surface area contributed by atoms with Crippen LogP contribution in [0.3, 0.4) is 0 Å². The number of hydrogen-bond acceptors (Lipinski definition) is 2. The summed E-state index contributed by atoms with van der Waals surface area (Å²) >= 11 is 5.77. The molecule has 0 radical (unpaired) electrons. The van der Waals surface area contributed by atoms with Crippen molar-refractivity contribution in [2.45, 2.75) is 13.3 Å². The van der Waals surface area contributed by atoms with Gasteiger partial charge in [-0.2, -0.15) is 0 Å². The highest BCUT2D eigenvalue weighted by Crippen LogP contribution is 2.20. The second-order valence-electron chi connectivity index (χ2n) is 4.16. The predicted molar refractivity (Wildman–Crippen MR) is 79.5 cm³/mol. The summed E-state index contributed by atoms with van der Waals surface area (Å²) < 4.78 is 0. The van der Waals surface area contributed by atoms with Gasteiger partial charge in [0.2, 0.25) is 0 Å². The molecule has 0 aliphatic rings. The Morgan fingerprint density at radius 1 is 1.50 bits per heavy atom. The highest BCUT2D eigenvalue weighted by molar-refractivity contribution is 6.33. The Bertz CT molecular complexity index is 517. The Morgan fingerprint density at radius 2 is 2.20 bits per heavy atom. The quantitative estimate of drug-likeness (QED) is 0.790. The molecule has 2 N–H and O–H groups in total. The minimum Gasteiger partial charge on any atom is -0.478 e. The lowest BCUT2D eigenvalue weighted by Crippen LogP contribution is -2.35. The molecular weight excluding hydrogens is 280 g/mol. The number of amides is 2. The first-order chi connectivity index (χ1) is 9.49. The van der Waals surface area contributed by atoms with E-state index >= 15 is 0 Å². The van der Waals surface area contributed by atoms with E-state index in [1.54, 1.807) is 17.0 Å². The van der Waals surface area contributed by atoms with Crippen LogP contribution in [0.2, 0.25) is 5.02 Å². The molecule has 1 rings (SSSR count). The maximum atomic E-state index is 12.0. The second-order valence-corrected chi connectivity index (χ2v) is 4.57. The van der Waals surface area contributed by atoms with E-state index in [2.05, 4.69) is 11.9 Å². The van der Waals surface area contributed by atoms with Gasteiger partial charge in [0.15, 0.2) is 0 Å². The van der Waals surface area contributed by atoms with Gasteiger partial charge in [-0.15, -0.1) is 6.58 Å². The number of urea groups is 1. The molecule has 0 fully saturated rings. The molecule has 108 valence electrons. The maximum Gasteiger partial charge on any atom is 0.337 e. The fourth-order valence-corrected chi connectivity index (χ4v) is 1.87. The van der Waals surface area contributed by atoms with Crippen molar-refractivity contribution in [3.8, 4) is 0 Å². The van der Waals surface area contributed by atoms with E-state index < -0.39 is 5.97 Å². The predicted octanol–water partition coefficient (Wildman–Crippen LogP) is 3.47. The normalized spacial score (nSPS) is 9.90. The van der Waals surface area contributed by atoms with Gasteiger partial charge in [-0.3, -0.25) is 0 Å². The standard InChI is InChI=1S/C14H17ClN2O3/c1-3-7-17(8-4-2)14(20)16-10-5-6-12(15)11(9-10)13(18)19/h3,5-6,9H,1,4,7-8H2,2H3,(H,16,20)(H,18,19). The zero-order chi connectivity index (χ0) is 15.1. The molecule has 5 nitrogen and oxygen atoms in total. The number of aromatic carboxylic acids is 1. The third-order valence-corrected chi connectivity index (χ3v) is 2.91. The van der Waals surface area contributed by atoms with Crippen molar-refractivity contribution in [2.24, 2.45) is 0 Å². The molecule has 0 aromatic heterocycles. The molecule has 0 aliphatic carbocycles. The molecule has 20 heavy (non-hydrogen) atoms. The number of rotatable bonds is 6. The van der Waals surface area contributed by atoms with Gasteiger partial charge in [-0.25, -0.2) is 9.59 Å². The van der Waals surface area contributed by atoms with E-state index in [0.29, 0.717) is 18.8 Å². The van der Waals surface area contributed by atoms with Gasteiger partial charge in [0.25, 0.3) is 0 Å². The number of nitrogens with one attached hydrogen (secondary N) is 1. The summed E-state index contributed by atoms with van der Waals surface area (Å²) in [6, 6.07) is 4.04. The first-order valence-corrected chi connectivity index (χ1v) is 6.57. The van der Waals surface area contributed by atoms with Gasteiger partial charge >= 0.3 is 12.0 Å². The number of hydrogen-bond donors (Lipinski definition) is 2. The molecule has 0 aliphatic heterocycles. The Kier molecular flexibility index (Phi) is 6.06. The third kappa shape index (κ3) is 4.28. The molecule has 6 heteroatoms. The summed E-state index contributed by atoms with van der Waals surface area (Å²) in [6.07, 6.45) is 2.46. The Hall–Kier alpha value is -2.01. The average molecular weight is 297 g/mol. The summed E-state index contributed by atoms with van der Waals surface area (Å²) in [5.41, 5.74) is 0.345. The zero-order valence-electron chi connectivity index (χ0n) is 11.2. The number of carbonyl (C=O) groups is 2. The SMILES string of the molecule is C=CCN(CCC)C(=O)Nc1ccc(Cl)c(C(=O)O)c1. The second kappa shape index (κ2) is 7.55. The first-order valence-electron chi connectivity index (χ1n) is 6.19. The van der Waals surface area contributed by atoms with Crippen LogP contribution in [-0.4, -0.2) is 35.1 Å². The molecule has 2 amide bonds. The number of carboxylic acid groups (broad SMARTS) is 1. The minimum absolute atomic E-state index is 0.0461. The van der Waals surface area contributed by atoms with Crippen LogP contribution in [0, 0.1) is 0 Å². The summed E-state index contributed by atoms with van der Waals surface area (Å²) in [4.78, 5) is 24.6. The van der Waals surface area contributed by atoms with Crippen LogP contribution in [0.5, 0.6) is 0 Å². The smallest absolute Gasteiger partial charge is 0.337 e. The van der Waals surface area contributed by atoms with Crippen molar-refractivity contribution in [3.63, 3.8) is 0 Å². The van der Waals surface area contributed by atoms with Gasteiger partial charge in [-0.05, 0) is 24.6 Å². The van der Waals surface area contributed by atoms with E-state index in [1.165, 1.54) is 12.1 Å². The minimum atomic E-state index is -1.14. The van der Waals surface area contributed by atoms with Gasteiger partial charge in [0.1, 0.15) is 0 Å². The molecule has 1 aromatic carbocycles. The topological polar surface area (TPSA) is 69.6 Å². The average Bonchev–Trinajstić information content (AvgIpc) is 2.40. The van der Waals surface area contributed by atoms with Gasteiger partial charge in [-0.1, -0.05) is 24.6 Å². The van der Waals surface area contributed by atoms with E-state index in [1.807, 2.05) is 6.92 Å². The Balaban J connectivity index is 2.86. The molecule has 1 aromatic rings. The van der Waals surface area contributed by atoms with E-state index in [-0.39, 0.29) is 16.6 Å². The molecule has 0 bridgehead atoms. The Labute approximate surface area is 122 Å². The van der Waals surface area contributed by atoms with Crippen LogP contribution >= 0.6 is 11.6 Å². The highest BCUT2D eigenvalue weighted by Gasteiger charge is 2.14. The van der Waals surface area contributed by atoms with E-state index in [4.69, 9.17) is 16.7 Å². The molecule has 0 unspecified atom stereocenters. The van der Waals surface area contributed by atoms with Crippen LogP contribution in [0.1, 0.15) is 23.7 Å². The lowest BCUT2D eigenvalue weighted by atomic mass is 10.2. The zero-order valence-corrected chi connectivity index (χ0v) is 12.0. The van der Waals surface area contributed by atoms with Crippen molar-refractivity contribution in [1.82, 2.24) is 4.90 Å². The molecule has 0 heterocycles. The fourth-order valence-electron chi connectivity index (χ4n) is 1.67. The fraction of sp³-hybridized carbons (Fsp3) is 0.286. The van der Waals surface area contributed by atoms with Crippen LogP contribution in [-0.2, 0) is 0 Å². The van der Waals surface area contributed by atoms with Crippen molar-refractivity contribution in [3.05, 3.63) is 41.4 Å². The highest BCUT2D eigenvalue weighted by atomic mass is 35.5. The lowest BCUT2D eigenvalue weighted by Gasteiger charge is -2.21. The molecule has 0 saturated heterocycles. The van der Waals surface area contributed by atoms with Crippen LogP contribution in [0.15, 0.2) is 30.9 Å².